The van der Waals surface area contributed by atoms with Gasteiger partial charge >= 0.3 is 0 Å². The van der Waals surface area contributed by atoms with Crippen molar-refractivity contribution in [1.82, 2.24) is 9.88 Å². The van der Waals surface area contributed by atoms with Crippen LogP contribution in [0.5, 0.6) is 0 Å². The first-order chi connectivity index (χ1) is 16.6. The van der Waals surface area contributed by atoms with Crippen LogP contribution in [-0.4, -0.2) is 23.0 Å². The molecule has 1 fully saturated rings. The molecule has 0 spiro atoms. The van der Waals surface area contributed by atoms with E-state index >= 15 is 0 Å². The Labute approximate surface area is 204 Å². The van der Waals surface area contributed by atoms with Gasteiger partial charge in [0.25, 0.3) is 0 Å². The van der Waals surface area contributed by atoms with E-state index in [0.717, 1.165) is 37.1 Å². The fourth-order valence-corrected chi connectivity index (χ4v) is 4.64. The van der Waals surface area contributed by atoms with Crippen molar-refractivity contribution in [3.05, 3.63) is 99.1 Å². The summed E-state index contributed by atoms with van der Waals surface area (Å²) in [7, 11) is 0. The van der Waals surface area contributed by atoms with Crippen LogP contribution in [0.3, 0.4) is 0 Å². The minimum atomic E-state index is -0.140. The Bertz CT molecular complexity index is 1430. The number of aromatic nitrogens is 1. The van der Waals surface area contributed by atoms with Crippen LogP contribution in [0.25, 0.3) is 22.1 Å². The smallest absolute Gasteiger partial charge is 0.208 e. The van der Waals surface area contributed by atoms with Crippen LogP contribution in [0, 0.1) is 17.8 Å². The highest BCUT2D eigenvalue weighted by Gasteiger charge is 2.22. The minimum Gasteiger partial charge on any atom is -0.457 e. The lowest BCUT2D eigenvalue weighted by atomic mass is 9.98. The Kier molecular flexibility index (Phi) is 6.49. The molecule has 0 amide bonds. The predicted molar refractivity (Wildman–Crippen MR) is 137 cm³/mol. The minimum absolute atomic E-state index is 0.140. The number of rotatable bonds is 3. The maximum atomic E-state index is 13.7. The topological polar surface area (TPSA) is 46.3 Å². The fraction of sp³-hybridized carbons (Fsp3) is 0.241. The quantitative estimate of drug-likeness (QED) is 0.339. The zero-order valence-corrected chi connectivity index (χ0v) is 19.8. The van der Waals surface area contributed by atoms with Crippen LogP contribution in [0.1, 0.15) is 36.8 Å². The second-order valence-corrected chi connectivity index (χ2v) is 9.23. The number of piperidine rings is 1. The van der Waals surface area contributed by atoms with Crippen molar-refractivity contribution in [2.24, 2.45) is 5.92 Å². The summed E-state index contributed by atoms with van der Waals surface area (Å²) in [6, 6.07) is 18.8. The average Bonchev–Trinajstić information content (AvgIpc) is 2.86. The molecule has 0 N–H and O–H groups in total. The summed E-state index contributed by atoms with van der Waals surface area (Å²) in [5.41, 5.74) is 3.01. The SMILES string of the molecule is CC1CCN(Cc2oc3c(-c4ccccc4)c(Cl)ccc3c(=O)c2C#Cc2ccccn2)CC1. The van der Waals surface area contributed by atoms with Crippen LogP contribution in [0.15, 0.2) is 76.1 Å². The molecule has 0 radical (unpaired) electrons. The second kappa shape index (κ2) is 9.85. The van der Waals surface area contributed by atoms with E-state index in [1.54, 1.807) is 18.3 Å². The monoisotopic (exact) mass is 468 g/mol. The highest BCUT2D eigenvalue weighted by Crippen LogP contribution is 2.35. The Morgan fingerprint density at radius 2 is 1.79 bits per heavy atom. The molecule has 0 atom stereocenters. The number of halogens is 1. The summed E-state index contributed by atoms with van der Waals surface area (Å²) < 4.78 is 6.51. The van der Waals surface area contributed by atoms with Gasteiger partial charge in [-0.25, -0.2) is 4.98 Å². The molecule has 4 nitrogen and oxygen atoms in total. The summed E-state index contributed by atoms with van der Waals surface area (Å²) in [5.74, 6) is 7.42. The van der Waals surface area contributed by atoms with E-state index in [4.69, 9.17) is 16.0 Å². The van der Waals surface area contributed by atoms with Crippen LogP contribution >= 0.6 is 11.6 Å². The Balaban J connectivity index is 1.69. The third-order valence-corrected chi connectivity index (χ3v) is 6.68. The van der Waals surface area contributed by atoms with Crippen molar-refractivity contribution < 1.29 is 4.42 Å². The molecule has 5 heteroatoms. The zero-order valence-electron chi connectivity index (χ0n) is 19.1. The molecule has 0 saturated carbocycles. The number of hydrogen-bond donors (Lipinski definition) is 0. The van der Waals surface area contributed by atoms with Crippen molar-refractivity contribution in [3.8, 4) is 23.0 Å². The Morgan fingerprint density at radius 3 is 2.53 bits per heavy atom. The van der Waals surface area contributed by atoms with Crippen molar-refractivity contribution in [1.29, 1.82) is 0 Å². The lowest BCUT2D eigenvalue weighted by molar-refractivity contribution is 0.174. The fourth-order valence-electron chi connectivity index (χ4n) is 4.38. The van der Waals surface area contributed by atoms with E-state index in [2.05, 4.69) is 28.6 Å². The predicted octanol–water partition coefficient (Wildman–Crippen LogP) is 6.14. The van der Waals surface area contributed by atoms with E-state index in [-0.39, 0.29) is 5.43 Å². The van der Waals surface area contributed by atoms with Crippen molar-refractivity contribution >= 4 is 22.6 Å². The summed E-state index contributed by atoms with van der Waals surface area (Å²) >= 11 is 6.62. The van der Waals surface area contributed by atoms with Crippen molar-refractivity contribution in [3.63, 3.8) is 0 Å². The number of likely N-dealkylation sites (tertiary alicyclic amines) is 1. The molecule has 2 aromatic carbocycles. The first-order valence-corrected chi connectivity index (χ1v) is 12.0. The number of hydrogen-bond acceptors (Lipinski definition) is 4. The molecule has 1 aliphatic rings. The van der Waals surface area contributed by atoms with E-state index in [1.165, 1.54) is 0 Å². The van der Waals surface area contributed by atoms with Gasteiger partial charge < -0.3 is 4.42 Å². The molecule has 0 bridgehead atoms. The molecule has 170 valence electrons. The molecule has 0 unspecified atom stereocenters. The molecule has 5 rings (SSSR count). The zero-order chi connectivity index (χ0) is 23.5. The number of fused-ring (bicyclic) bond motifs is 1. The largest absolute Gasteiger partial charge is 0.457 e. The standard InChI is InChI=1S/C29H25ClN2O2/c1-20-14-17-32(18-15-20)19-26-23(11-10-22-9-5-6-16-31-22)28(33)24-12-13-25(30)27(29(24)34-26)21-7-3-2-4-8-21/h2-9,12-13,16,20H,14-15,17-19H2,1H3. The van der Waals surface area contributed by atoms with Gasteiger partial charge in [0.1, 0.15) is 22.6 Å². The Hall–Kier alpha value is -3.39. The van der Waals surface area contributed by atoms with Crippen molar-refractivity contribution in [2.45, 2.75) is 26.3 Å². The first-order valence-electron chi connectivity index (χ1n) is 11.6. The lowest BCUT2D eigenvalue weighted by Crippen LogP contribution is -2.33. The highest BCUT2D eigenvalue weighted by atomic mass is 35.5. The lowest BCUT2D eigenvalue weighted by Gasteiger charge is -2.29. The number of nitrogens with zero attached hydrogens (tertiary/aromatic N) is 2. The maximum absolute atomic E-state index is 13.7. The molecule has 4 aromatic rings. The van der Waals surface area contributed by atoms with Gasteiger partial charge in [0.2, 0.25) is 5.43 Å². The number of benzene rings is 2. The van der Waals surface area contributed by atoms with E-state index < -0.39 is 0 Å². The summed E-state index contributed by atoms with van der Waals surface area (Å²) in [6.07, 6.45) is 3.96. The average molecular weight is 469 g/mol. The van der Waals surface area contributed by atoms with E-state index in [0.29, 0.717) is 45.5 Å². The van der Waals surface area contributed by atoms with Gasteiger partial charge in [0.05, 0.1) is 17.0 Å². The molecule has 2 aromatic heterocycles. The normalized spacial score (nSPS) is 14.6. The maximum Gasteiger partial charge on any atom is 0.208 e. The van der Waals surface area contributed by atoms with Gasteiger partial charge in [-0.2, -0.15) is 0 Å². The first kappa shape index (κ1) is 22.4. The third-order valence-electron chi connectivity index (χ3n) is 6.37. The van der Waals surface area contributed by atoms with Gasteiger partial charge in [0, 0.05) is 11.8 Å². The summed E-state index contributed by atoms with van der Waals surface area (Å²) in [6.45, 7) is 4.75. The molecule has 1 saturated heterocycles. The third kappa shape index (κ3) is 4.63. The van der Waals surface area contributed by atoms with Crippen LogP contribution < -0.4 is 5.43 Å². The summed E-state index contributed by atoms with van der Waals surface area (Å²) in [4.78, 5) is 20.3. The molecule has 1 aliphatic heterocycles. The van der Waals surface area contributed by atoms with Gasteiger partial charge in [-0.05, 0) is 67.6 Å². The van der Waals surface area contributed by atoms with Gasteiger partial charge in [-0.15, -0.1) is 0 Å². The van der Waals surface area contributed by atoms with Crippen LogP contribution in [0.2, 0.25) is 5.02 Å². The van der Waals surface area contributed by atoms with Gasteiger partial charge in [-0.1, -0.05) is 60.8 Å². The van der Waals surface area contributed by atoms with Crippen molar-refractivity contribution in [2.75, 3.05) is 13.1 Å². The molecule has 34 heavy (non-hydrogen) atoms. The summed E-state index contributed by atoms with van der Waals surface area (Å²) in [5, 5.41) is 1.02. The number of pyridine rings is 1. The molecule has 0 aliphatic carbocycles. The van der Waals surface area contributed by atoms with Gasteiger partial charge in [0.15, 0.2) is 0 Å². The highest BCUT2D eigenvalue weighted by molar-refractivity contribution is 6.34. The second-order valence-electron chi connectivity index (χ2n) is 8.82. The molecular weight excluding hydrogens is 444 g/mol. The van der Waals surface area contributed by atoms with Crippen LogP contribution in [0.4, 0.5) is 0 Å². The Morgan fingerprint density at radius 1 is 1.03 bits per heavy atom. The van der Waals surface area contributed by atoms with E-state index in [9.17, 15) is 4.79 Å². The van der Waals surface area contributed by atoms with Gasteiger partial charge in [-0.3, -0.25) is 9.69 Å². The molecular formula is C29H25ClN2O2. The van der Waals surface area contributed by atoms with Crippen LogP contribution in [-0.2, 0) is 6.54 Å². The molecule has 3 heterocycles. The van der Waals surface area contributed by atoms with E-state index in [1.807, 2.05) is 48.5 Å².